The predicted molar refractivity (Wildman–Crippen MR) is 148 cm³/mol. The molecule has 33 heavy (non-hydrogen) atoms. The largest absolute Gasteiger partial charge is 0.497 e. The van der Waals surface area contributed by atoms with Crippen molar-refractivity contribution in [1.82, 2.24) is 4.98 Å². The molecule has 0 saturated carbocycles. The molecule has 2 aromatic rings. The number of aliphatic imine (C=N–C) groups is 1. The summed E-state index contributed by atoms with van der Waals surface area (Å²) in [5.74, 6) is 0.892. The third-order valence-electron chi connectivity index (χ3n) is 4.24. The van der Waals surface area contributed by atoms with E-state index in [2.05, 4.69) is 54.4 Å². The molecule has 1 aromatic carbocycles. The number of rotatable bonds is 9. The highest BCUT2D eigenvalue weighted by molar-refractivity contribution is 8.02. The van der Waals surface area contributed by atoms with Crippen LogP contribution in [0.15, 0.2) is 76.5 Å². The van der Waals surface area contributed by atoms with Crippen molar-refractivity contribution in [3.05, 3.63) is 82.7 Å². The van der Waals surface area contributed by atoms with E-state index in [1.54, 1.807) is 31.3 Å². The summed E-state index contributed by atoms with van der Waals surface area (Å²) in [6.45, 7) is 8.61. The van der Waals surface area contributed by atoms with Gasteiger partial charge in [-0.2, -0.15) is 0 Å². The topological polar surface area (TPSA) is 60.5 Å². The maximum absolute atomic E-state index is 5.88. The van der Waals surface area contributed by atoms with Crippen LogP contribution in [0.1, 0.15) is 30.9 Å². The molecule has 2 N–H and O–H groups in total. The monoisotopic (exact) mass is 463 g/mol. The number of nitrogens with two attached hydrogens (primary N) is 1. The van der Waals surface area contributed by atoms with Crippen LogP contribution in [0.3, 0.4) is 0 Å². The molecule has 5 heteroatoms. The second kappa shape index (κ2) is 22.0. The molecule has 176 valence electrons. The Balaban J connectivity index is 0. The standard InChI is InChI=1S/C18H26N2OS.C6H7N.2C2H2/c1-5-20-18(22-4)17(13-19)14(2)7-6-8-15-9-11-16(21-3)12-10-15;1-6-3-2-4-7-5-6;2*1-2/h5,9-12H,2,6-8,13,19H2,1,3-4H3;2-5H,1H3;2*1-2H/b18-17+,20-5-;;;. The Kier molecular flexibility index (Phi) is 21.3. The molecule has 0 radical (unpaired) electrons. The molecule has 4 nitrogen and oxygen atoms in total. The minimum Gasteiger partial charge on any atom is -0.497 e. The van der Waals surface area contributed by atoms with Gasteiger partial charge in [-0.1, -0.05) is 24.8 Å². The maximum Gasteiger partial charge on any atom is 0.118 e. The quantitative estimate of drug-likeness (QED) is 0.278. The van der Waals surface area contributed by atoms with Gasteiger partial charge in [-0.3, -0.25) is 9.98 Å². The predicted octanol–water partition coefficient (Wildman–Crippen LogP) is 6.09. The molecule has 0 aliphatic heterocycles. The lowest BCUT2D eigenvalue weighted by molar-refractivity contribution is 0.414. The van der Waals surface area contributed by atoms with Crippen LogP contribution in [0, 0.1) is 32.6 Å². The van der Waals surface area contributed by atoms with Gasteiger partial charge in [-0.15, -0.1) is 37.5 Å². The second-order valence-electron chi connectivity index (χ2n) is 6.41. The van der Waals surface area contributed by atoms with Crippen LogP contribution in [-0.2, 0) is 6.42 Å². The minimum absolute atomic E-state index is 0.481. The van der Waals surface area contributed by atoms with Gasteiger partial charge in [0, 0.05) is 30.7 Å². The van der Waals surface area contributed by atoms with Crippen molar-refractivity contribution in [2.45, 2.75) is 33.1 Å². The highest BCUT2D eigenvalue weighted by Crippen LogP contribution is 2.25. The number of aromatic nitrogens is 1. The third-order valence-corrected chi connectivity index (χ3v) is 4.98. The van der Waals surface area contributed by atoms with E-state index in [0.717, 1.165) is 41.2 Å². The number of methoxy groups -OCH3 is 1. The highest BCUT2D eigenvalue weighted by atomic mass is 32.2. The van der Waals surface area contributed by atoms with Crippen LogP contribution in [0.2, 0.25) is 0 Å². The van der Waals surface area contributed by atoms with E-state index in [1.807, 2.05) is 50.6 Å². The first-order chi connectivity index (χ1) is 16.0. The van der Waals surface area contributed by atoms with Crippen molar-refractivity contribution in [2.75, 3.05) is 19.9 Å². The summed E-state index contributed by atoms with van der Waals surface area (Å²) in [4.78, 5) is 8.27. The van der Waals surface area contributed by atoms with E-state index in [1.165, 1.54) is 11.1 Å². The van der Waals surface area contributed by atoms with Gasteiger partial charge < -0.3 is 10.5 Å². The fraction of sp³-hybridized carbons (Fsp3) is 0.286. The van der Waals surface area contributed by atoms with E-state index in [-0.39, 0.29) is 0 Å². The normalized spacial score (nSPS) is 10.2. The van der Waals surface area contributed by atoms with Crippen molar-refractivity contribution in [2.24, 2.45) is 10.7 Å². The summed E-state index contributed by atoms with van der Waals surface area (Å²) >= 11 is 1.62. The number of hydrogen-bond donors (Lipinski definition) is 1. The van der Waals surface area contributed by atoms with Crippen LogP contribution >= 0.6 is 11.8 Å². The van der Waals surface area contributed by atoms with E-state index in [0.29, 0.717) is 6.54 Å². The summed E-state index contributed by atoms with van der Waals surface area (Å²) < 4.78 is 5.17. The SMILES string of the molecule is C#C.C#C.C=C(CCCc1ccc(OC)cc1)/C(CN)=C(\N=C/C)SC.Cc1cccnc1. The lowest BCUT2D eigenvalue weighted by Crippen LogP contribution is -2.07. The summed E-state index contributed by atoms with van der Waals surface area (Å²) in [7, 11) is 1.68. The van der Waals surface area contributed by atoms with Crippen LogP contribution in [-0.4, -0.2) is 31.1 Å². The number of aryl methyl sites for hydroxylation is 2. The lowest BCUT2D eigenvalue weighted by atomic mass is 10.00. The van der Waals surface area contributed by atoms with Gasteiger partial charge >= 0.3 is 0 Å². The molecule has 0 bridgehead atoms. The van der Waals surface area contributed by atoms with E-state index in [4.69, 9.17) is 10.5 Å². The first-order valence-corrected chi connectivity index (χ1v) is 11.6. The number of ether oxygens (including phenoxy) is 1. The Bertz CT molecular complexity index is 860. The van der Waals surface area contributed by atoms with Gasteiger partial charge in [0.1, 0.15) is 10.8 Å². The molecule has 0 spiro atoms. The molecule has 0 fully saturated rings. The van der Waals surface area contributed by atoms with Crippen LogP contribution < -0.4 is 10.5 Å². The number of nitrogens with zero attached hydrogens (tertiary/aromatic N) is 2. The van der Waals surface area contributed by atoms with Gasteiger partial charge in [0.05, 0.1) is 7.11 Å². The molecular weight excluding hydrogens is 426 g/mol. The molecule has 0 atom stereocenters. The lowest BCUT2D eigenvalue weighted by Gasteiger charge is -2.12. The van der Waals surface area contributed by atoms with Crippen molar-refractivity contribution in [3.8, 4) is 31.4 Å². The van der Waals surface area contributed by atoms with E-state index < -0.39 is 0 Å². The van der Waals surface area contributed by atoms with Crippen LogP contribution in [0.5, 0.6) is 5.75 Å². The summed E-state index contributed by atoms with van der Waals surface area (Å²) in [5, 5.41) is 0.972. The van der Waals surface area contributed by atoms with Crippen molar-refractivity contribution < 1.29 is 4.74 Å². The third kappa shape index (κ3) is 14.4. The molecule has 0 saturated heterocycles. The van der Waals surface area contributed by atoms with Crippen molar-refractivity contribution >= 4 is 18.0 Å². The highest BCUT2D eigenvalue weighted by Gasteiger charge is 2.08. The van der Waals surface area contributed by atoms with E-state index in [9.17, 15) is 0 Å². The number of benzene rings is 1. The van der Waals surface area contributed by atoms with Gasteiger partial charge in [-0.05, 0) is 74.3 Å². The first kappa shape index (κ1) is 31.9. The van der Waals surface area contributed by atoms with Crippen molar-refractivity contribution in [1.29, 1.82) is 0 Å². The van der Waals surface area contributed by atoms with Crippen LogP contribution in [0.25, 0.3) is 0 Å². The van der Waals surface area contributed by atoms with Crippen molar-refractivity contribution in [3.63, 3.8) is 0 Å². The molecule has 0 aliphatic rings. The average Bonchev–Trinajstić information content (AvgIpc) is 2.87. The Labute approximate surface area is 205 Å². The zero-order valence-electron chi connectivity index (χ0n) is 20.3. The second-order valence-corrected chi connectivity index (χ2v) is 7.21. The molecule has 2 rings (SSSR count). The molecule has 0 amide bonds. The first-order valence-electron chi connectivity index (χ1n) is 10.4. The van der Waals surface area contributed by atoms with E-state index >= 15 is 0 Å². The molecule has 0 unspecified atom stereocenters. The van der Waals surface area contributed by atoms with Gasteiger partial charge in [0.2, 0.25) is 0 Å². The minimum atomic E-state index is 0.481. The summed E-state index contributed by atoms with van der Waals surface area (Å²) in [5.41, 5.74) is 10.6. The zero-order valence-corrected chi connectivity index (χ0v) is 21.1. The fourth-order valence-electron chi connectivity index (χ4n) is 2.65. The zero-order chi connectivity index (χ0) is 25.5. The average molecular weight is 464 g/mol. The number of terminal acetylenes is 2. The summed E-state index contributed by atoms with van der Waals surface area (Å²) in [6, 6.07) is 12.2. The molecular formula is C28H37N3OS. The maximum atomic E-state index is 5.88. The number of thioether (sulfide) groups is 1. The van der Waals surface area contributed by atoms with Gasteiger partial charge in [0.25, 0.3) is 0 Å². The Morgan fingerprint density at radius 3 is 2.21 bits per heavy atom. The Morgan fingerprint density at radius 2 is 1.82 bits per heavy atom. The molecule has 1 aromatic heterocycles. The molecule has 1 heterocycles. The molecule has 0 aliphatic carbocycles. The van der Waals surface area contributed by atoms with Gasteiger partial charge in [-0.25, -0.2) is 0 Å². The number of pyridine rings is 1. The number of hydrogen-bond acceptors (Lipinski definition) is 5. The Morgan fingerprint density at radius 1 is 1.18 bits per heavy atom. The smallest absolute Gasteiger partial charge is 0.118 e. The Hall–Kier alpha value is -3.25. The van der Waals surface area contributed by atoms with Crippen LogP contribution in [0.4, 0.5) is 0 Å². The summed E-state index contributed by atoms with van der Waals surface area (Å²) in [6.07, 6.45) is 26.4. The van der Waals surface area contributed by atoms with Gasteiger partial charge in [0.15, 0.2) is 0 Å². The fourth-order valence-corrected chi connectivity index (χ4v) is 3.34.